The number of amides is 1. The molecule has 1 amide bonds. The van der Waals surface area contributed by atoms with Gasteiger partial charge >= 0.3 is 11.8 Å². The molecule has 0 aromatic carbocycles. The van der Waals surface area contributed by atoms with Crippen LogP contribution in [0.1, 0.15) is 51.0 Å². The minimum absolute atomic E-state index is 0.0257. The third-order valence-corrected chi connectivity index (χ3v) is 4.64. The summed E-state index contributed by atoms with van der Waals surface area (Å²) in [6.07, 6.45) is 0.301. The monoisotopic (exact) mass is 324 g/mol. The van der Waals surface area contributed by atoms with Crippen molar-refractivity contribution in [1.82, 2.24) is 14.7 Å². The van der Waals surface area contributed by atoms with Crippen LogP contribution in [0.15, 0.2) is 0 Å². The zero-order chi connectivity index (χ0) is 17.5. The van der Waals surface area contributed by atoms with Crippen molar-refractivity contribution in [3.8, 4) is 0 Å². The number of aryl methyl sites for hydroxylation is 1. The van der Waals surface area contributed by atoms with E-state index in [2.05, 4.69) is 5.10 Å². The van der Waals surface area contributed by atoms with Gasteiger partial charge in [-0.05, 0) is 32.1 Å². The third-order valence-electron chi connectivity index (χ3n) is 4.64. The highest BCUT2D eigenvalue weighted by molar-refractivity contribution is 5.65. The fourth-order valence-electron chi connectivity index (χ4n) is 3.49. The van der Waals surface area contributed by atoms with Crippen LogP contribution in [0.2, 0.25) is 0 Å². The number of nitro groups is 1. The van der Waals surface area contributed by atoms with Crippen LogP contribution in [0.5, 0.6) is 0 Å². The van der Waals surface area contributed by atoms with Crippen molar-refractivity contribution in [3.05, 3.63) is 21.5 Å². The van der Waals surface area contributed by atoms with Gasteiger partial charge in [0.05, 0.1) is 11.0 Å². The molecule has 1 aromatic heterocycles. The van der Waals surface area contributed by atoms with E-state index < -0.39 is 11.0 Å². The molecule has 0 radical (unpaired) electrons. The fraction of sp³-hybridized carbons (Fsp3) is 0.733. The maximum atomic E-state index is 11.5. The van der Waals surface area contributed by atoms with E-state index in [0.717, 1.165) is 0 Å². The molecule has 1 saturated heterocycles. The van der Waals surface area contributed by atoms with Crippen LogP contribution in [-0.4, -0.2) is 43.4 Å². The molecule has 2 rings (SSSR count). The van der Waals surface area contributed by atoms with Gasteiger partial charge < -0.3 is 10.0 Å². The Morgan fingerprint density at radius 2 is 2.00 bits per heavy atom. The summed E-state index contributed by atoms with van der Waals surface area (Å²) in [6, 6.07) is -0.177. The number of carbonyl (C=O) groups is 1. The maximum Gasteiger partial charge on any atom is 0.407 e. The topological polar surface area (TPSA) is 102 Å². The molecule has 0 saturated carbocycles. The first-order valence-electron chi connectivity index (χ1n) is 7.73. The van der Waals surface area contributed by atoms with Crippen LogP contribution in [0.3, 0.4) is 0 Å². The number of likely N-dealkylation sites (tertiary alicyclic amines) is 1. The lowest BCUT2D eigenvalue weighted by Gasteiger charge is -2.44. The molecule has 1 fully saturated rings. The predicted octanol–water partition coefficient (Wildman–Crippen LogP) is 3.14. The number of piperidine rings is 1. The summed E-state index contributed by atoms with van der Waals surface area (Å²) >= 11 is 0. The van der Waals surface area contributed by atoms with Crippen LogP contribution in [0.4, 0.5) is 10.5 Å². The Kier molecular flexibility index (Phi) is 4.37. The van der Waals surface area contributed by atoms with Crippen LogP contribution >= 0.6 is 0 Å². The van der Waals surface area contributed by atoms with Gasteiger partial charge in [0, 0.05) is 12.6 Å². The van der Waals surface area contributed by atoms with Gasteiger partial charge in [-0.15, -0.1) is 0 Å². The summed E-state index contributed by atoms with van der Waals surface area (Å²) in [6.45, 7) is 9.79. The van der Waals surface area contributed by atoms with Crippen LogP contribution in [0.25, 0.3) is 0 Å². The minimum atomic E-state index is -0.914. The molecule has 2 atom stereocenters. The molecule has 1 aliphatic rings. The number of hydrogen-bond donors (Lipinski definition) is 1. The number of nitrogens with zero attached hydrogens (tertiary/aromatic N) is 4. The summed E-state index contributed by atoms with van der Waals surface area (Å²) in [5, 5.41) is 24.9. The van der Waals surface area contributed by atoms with Crippen molar-refractivity contribution in [1.29, 1.82) is 0 Å². The van der Waals surface area contributed by atoms with Gasteiger partial charge in [-0.3, -0.25) is 14.8 Å². The number of carboxylic acid groups (broad SMARTS) is 1. The quantitative estimate of drug-likeness (QED) is 0.665. The summed E-state index contributed by atoms with van der Waals surface area (Å²) in [7, 11) is 0. The molecular formula is C15H24N4O4. The molecule has 0 spiro atoms. The third kappa shape index (κ3) is 3.16. The van der Waals surface area contributed by atoms with E-state index in [9.17, 15) is 20.0 Å². The minimum Gasteiger partial charge on any atom is -0.465 e. The Labute approximate surface area is 135 Å². The van der Waals surface area contributed by atoms with Crippen LogP contribution < -0.4 is 0 Å². The second-order valence-corrected chi connectivity index (χ2v) is 7.26. The molecule has 1 aromatic rings. The predicted molar refractivity (Wildman–Crippen MR) is 84.6 cm³/mol. The van der Waals surface area contributed by atoms with Crippen molar-refractivity contribution >= 4 is 11.8 Å². The van der Waals surface area contributed by atoms with Gasteiger partial charge in [0.1, 0.15) is 11.4 Å². The molecule has 8 heteroatoms. The second kappa shape index (κ2) is 5.82. The first-order valence-corrected chi connectivity index (χ1v) is 7.73. The molecule has 0 bridgehead atoms. The largest absolute Gasteiger partial charge is 0.465 e. The molecule has 1 N–H and O–H groups in total. The SMILES string of the molecule is Cc1nn(C2CCN(C(=O)O)C(C(C)(C)C)C2)c(C)c1[N+](=O)[O-]. The van der Waals surface area contributed by atoms with Crippen LogP contribution in [0, 0.1) is 29.4 Å². The summed E-state index contributed by atoms with van der Waals surface area (Å²) in [4.78, 5) is 23.7. The number of rotatable bonds is 2. The Morgan fingerprint density at radius 1 is 1.39 bits per heavy atom. The molecular weight excluding hydrogens is 300 g/mol. The molecule has 2 unspecified atom stereocenters. The van der Waals surface area contributed by atoms with Crippen molar-refractivity contribution in [2.45, 2.75) is 59.5 Å². The Morgan fingerprint density at radius 3 is 2.43 bits per heavy atom. The average molecular weight is 324 g/mol. The van der Waals surface area contributed by atoms with Gasteiger partial charge in [-0.1, -0.05) is 20.8 Å². The van der Waals surface area contributed by atoms with Gasteiger partial charge in [0.25, 0.3) is 0 Å². The summed E-state index contributed by atoms with van der Waals surface area (Å²) in [5.41, 5.74) is 0.784. The van der Waals surface area contributed by atoms with Crippen molar-refractivity contribution in [2.75, 3.05) is 6.54 Å². The zero-order valence-electron chi connectivity index (χ0n) is 14.2. The van der Waals surface area contributed by atoms with Crippen molar-refractivity contribution < 1.29 is 14.8 Å². The summed E-state index contributed by atoms with van der Waals surface area (Å²) < 4.78 is 1.71. The van der Waals surface area contributed by atoms with E-state index in [1.54, 1.807) is 18.5 Å². The van der Waals surface area contributed by atoms with Gasteiger partial charge in [-0.25, -0.2) is 4.79 Å². The lowest BCUT2D eigenvalue weighted by Crippen LogP contribution is -2.52. The number of aromatic nitrogens is 2. The lowest BCUT2D eigenvalue weighted by molar-refractivity contribution is -0.386. The first-order chi connectivity index (χ1) is 10.5. The van der Waals surface area contributed by atoms with E-state index in [1.807, 2.05) is 20.8 Å². The van der Waals surface area contributed by atoms with E-state index in [4.69, 9.17) is 0 Å². The highest BCUT2D eigenvalue weighted by Gasteiger charge is 2.40. The normalized spacial score (nSPS) is 22.2. The smallest absolute Gasteiger partial charge is 0.407 e. The number of hydrogen-bond acceptors (Lipinski definition) is 4. The fourth-order valence-corrected chi connectivity index (χ4v) is 3.49. The van der Waals surface area contributed by atoms with Crippen LogP contribution in [-0.2, 0) is 0 Å². The van der Waals surface area contributed by atoms with Crippen molar-refractivity contribution in [2.24, 2.45) is 5.41 Å². The summed E-state index contributed by atoms with van der Waals surface area (Å²) in [5.74, 6) is 0. The van der Waals surface area contributed by atoms with Crippen molar-refractivity contribution in [3.63, 3.8) is 0 Å². The Balaban J connectivity index is 2.35. The molecule has 0 aliphatic carbocycles. The standard InChI is InChI=1S/C15H24N4O4/c1-9-13(19(22)23)10(2)18(16-9)11-6-7-17(14(20)21)12(8-11)15(3,4)5/h11-12H,6-8H2,1-5H3,(H,20,21). The van der Waals surface area contributed by atoms with E-state index in [0.29, 0.717) is 30.8 Å². The van der Waals surface area contributed by atoms with E-state index in [-0.39, 0.29) is 23.2 Å². The average Bonchev–Trinajstić information content (AvgIpc) is 2.72. The first kappa shape index (κ1) is 17.2. The molecule has 23 heavy (non-hydrogen) atoms. The van der Waals surface area contributed by atoms with E-state index in [1.165, 1.54) is 4.90 Å². The highest BCUT2D eigenvalue weighted by Crippen LogP contribution is 2.38. The van der Waals surface area contributed by atoms with E-state index >= 15 is 0 Å². The molecule has 8 nitrogen and oxygen atoms in total. The second-order valence-electron chi connectivity index (χ2n) is 7.26. The van der Waals surface area contributed by atoms with Gasteiger partial charge in [-0.2, -0.15) is 5.10 Å². The Bertz CT molecular complexity index is 632. The Hall–Kier alpha value is -2.12. The molecule has 128 valence electrons. The van der Waals surface area contributed by atoms with Gasteiger partial charge in [0.15, 0.2) is 0 Å². The maximum absolute atomic E-state index is 11.5. The molecule has 2 heterocycles. The zero-order valence-corrected chi connectivity index (χ0v) is 14.2. The highest BCUT2D eigenvalue weighted by atomic mass is 16.6. The molecule has 1 aliphatic heterocycles. The lowest BCUT2D eigenvalue weighted by atomic mass is 9.79. The van der Waals surface area contributed by atoms with Gasteiger partial charge in [0.2, 0.25) is 0 Å².